The van der Waals surface area contributed by atoms with Gasteiger partial charge in [-0.3, -0.25) is 4.79 Å². The van der Waals surface area contributed by atoms with Crippen molar-refractivity contribution in [2.24, 2.45) is 0 Å². The minimum Gasteiger partial charge on any atom is -0.451 e. The van der Waals surface area contributed by atoms with Gasteiger partial charge in [0.1, 0.15) is 17.4 Å². The van der Waals surface area contributed by atoms with Crippen LogP contribution >= 0.6 is 0 Å². The van der Waals surface area contributed by atoms with Crippen LogP contribution in [-0.4, -0.2) is 32.1 Å². The Labute approximate surface area is 167 Å². The van der Waals surface area contributed by atoms with Gasteiger partial charge < -0.3 is 20.0 Å². The predicted octanol–water partition coefficient (Wildman–Crippen LogP) is 4.28. The molecule has 29 heavy (non-hydrogen) atoms. The van der Waals surface area contributed by atoms with Crippen LogP contribution < -0.4 is 15.5 Å². The van der Waals surface area contributed by atoms with Crippen molar-refractivity contribution in [3.63, 3.8) is 0 Å². The molecule has 3 aromatic rings. The van der Waals surface area contributed by atoms with Gasteiger partial charge in [0.15, 0.2) is 5.76 Å². The number of hydrogen-bond acceptors (Lipinski definition) is 4. The molecule has 4 rings (SSSR count). The van der Waals surface area contributed by atoms with Gasteiger partial charge in [-0.1, -0.05) is 0 Å². The molecule has 1 aliphatic heterocycles. The summed E-state index contributed by atoms with van der Waals surface area (Å²) >= 11 is 0. The third kappa shape index (κ3) is 4.14. The second-order valence-electron chi connectivity index (χ2n) is 7.01. The quantitative estimate of drug-likeness (QED) is 0.675. The molecule has 1 saturated heterocycles. The number of furan rings is 1. The van der Waals surface area contributed by atoms with Crippen LogP contribution in [0.2, 0.25) is 0 Å². The van der Waals surface area contributed by atoms with Crippen LogP contribution in [0.25, 0.3) is 11.3 Å². The Morgan fingerprint density at radius 2 is 1.90 bits per heavy atom. The number of nitrogens with zero attached hydrogens (tertiary/aromatic N) is 1. The molecule has 0 radical (unpaired) electrons. The molecule has 1 aliphatic rings. The molecule has 1 aromatic heterocycles. The average Bonchev–Trinajstić information content (AvgIpc) is 3.40. The number of anilines is 2. The molecule has 0 spiro atoms. The molecule has 1 unspecified atom stereocenters. The lowest BCUT2D eigenvalue weighted by molar-refractivity contribution is 0.0997. The first kappa shape index (κ1) is 19.1. The summed E-state index contributed by atoms with van der Waals surface area (Å²) in [4.78, 5) is 14.7. The van der Waals surface area contributed by atoms with Crippen molar-refractivity contribution in [3.8, 4) is 11.3 Å². The molecule has 150 valence electrons. The highest BCUT2D eigenvalue weighted by Crippen LogP contribution is 2.27. The van der Waals surface area contributed by atoms with Gasteiger partial charge in [-0.05, 0) is 68.1 Å². The fourth-order valence-electron chi connectivity index (χ4n) is 3.47. The van der Waals surface area contributed by atoms with Crippen LogP contribution in [0, 0.1) is 11.6 Å². The smallest absolute Gasteiger partial charge is 0.291 e. The van der Waals surface area contributed by atoms with E-state index in [2.05, 4.69) is 15.5 Å². The molecule has 0 bridgehead atoms. The van der Waals surface area contributed by atoms with Gasteiger partial charge in [-0.25, -0.2) is 8.78 Å². The zero-order valence-corrected chi connectivity index (χ0v) is 15.9. The van der Waals surface area contributed by atoms with E-state index in [-0.39, 0.29) is 17.1 Å². The van der Waals surface area contributed by atoms with Gasteiger partial charge in [-0.2, -0.15) is 0 Å². The number of nitrogens with one attached hydrogen (secondary N) is 2. The summed E-state index contributed by atoms with van der Waals surface area (Å²) in [6, 6.07) is 14.0. The zero-order chi connectivity index (χ0) is 20.4. The molecule has 2 N–H and O–H groups in total. The first-order valence-corrected chi connectivity index (χ1v) is 9.42. The molecule has 2 aromatic carbocycles. The summed E-state index contributed by atoms with van der Waals surface area (Å²) in [5.41, 5.74) is 1.69. The monoisotopic (exact) mass is 397 g/mol. The number of hydrogen-bond donors (Lipinski definition) is 2. The third-order valence-electron chi connectivity index (χ3n) is 5.11. The van der Waals surface area contributed by atoms with E-state index in [0.29, 0.717) is 11.7 Å². The molecule has 7 heteroatoms. The molecule has 0 aliphatic carbocycles. The van der Waals surface area contributed by atoms with Crippen molar-refractivity contribution in [1.29, 1.82) is 0 Å². The van der Waals surface area contributed by atoms with Crippen molar-refractivity contribution in [2.75, 3.05) is 30.4 Å². The lowest BCUT2D eigenvalue weighted by Gasteiger charge is -2.19. The van der Waals surface area contributed by atoms with Crippen LogP contribution in [0.5, 0.6) is 0 Å². The Morgan fingerprint density at radius 1 is 1.10 bits per heavy atom. The van der Waals surface area contributed by atoms with Gasteiger partial charge in [0.25, 0.3) is 5.91 Å². The second-order valence-corrected chi connectivity index (χ2v) is 7.01. The van der Waals surface area contributed by atoms with E-state index < -0.39 is 17.5 Å². The van der Waals surface area contributed by atoms with Gasteiger partial charge in [0.2, 0.25) is 0 Å². The normalized spacial score (nSPS) is 16.2. The Morgan fingerprint density at radius 3 is 2.62 bits per heavy atom. The Bertz CT molecular complexity index is 1020. The molecule has 0 saturated carbocycles. The third-order valence-corrected chi connectivity index (χ3v) is 5.11. The van der Waals surface area contributed by atoms with Crippen molar-refractivity contribution in [2.45, 2.75) is 12.5 Å². The van der Waals surface area contributed by atoms with Crippen molar-refractivity contribution in [1.82, 2.24) is 5.32 Å². The van der Waals surface area contributed by atoms with E-state index in [4.69, 9.17) is 4.42 Å². The lowest BCUT2D eigenvalue weighted by Crippen LogP contribution is -2.29. The fraction of sp³-hybridized carbons (Fsp3) is 0.227. The first-order valence-electron chi connectivity index (χ1n) is 9.42. The maximum absolute atomic E-state index is 13.9. The summed E-state index contributed by atoms with van der Waals surface area (Å²) in [7, 11) is 1.97. The summed E-state index contributed by atoms with van der Waals surface area (Å²) < 4.78 is 32.7. The van der Waals surface area contributed by atoms with Crippen LogP contribution in [0.1, 0.15) is 17.0 Å². The van der Waals surface area contributed by atoms with Gasteiger partial charge in [0, 0.05) is 30.5 Å². The SMILES string of the molecule is CNC1CCN(c2ccc(NC(=O)c3ccc(-c4cc(F)ccc4F)o3)cc2)C1. The van der Waals surface area contributed by atoms with Crippen LogP contribution in [0.4, 0.5) is 20.2 Å². The Balaban J connectivity index is 1.43. The van der Waals surface area contributed by atoms with Crippen molar-refractivity contribution >= 4 is 17.3 Å². The van der Waals surface area contributed by atoms with E-state index >= 15 is 0 Å². The average molecular weight is 397 g/mol. The summed E-state index contributed by atoms with van der Waals surface area (Å²) in [6.45, 7) is 1.94. The maximum Gasteiger partial charge on any atom is 0.291 e. The summed E-state index contributed by atoms with van der Waals surface area (Å²) in [5.74, 6) is -1.55. The van der Waals surface area contributed by atoms with Crippen molar-refractivity contribution in [3.05, 3.63) is 72.0 Å². The first-order chi connectivity index (χ1) is 14.0. The van der Waals surface area contributed by atoms with Crippen LogP contribution in [0.15, 0.2) is 59.0 Å². The fourth-order valence-corrected chi connectivity index (χ4v) is 3.47. The molecule has 1 fully saturated rings. The van der Waals surface area contributed by atoms with Gasteiger partial charge in [0.05, 0.1) is 5.56 Å². The topological polar surface area (TPSA) is 57.5 Å². The minimum atomic E-state index is -0.620. The number of amides is 1. The Hall–Kier alpha value is -3.19. The molecule has 2 heterocycles. The number of carbonyl (C=O) groups excluding carboxylic acids is 1. The maximum atomic E-state index is 13.9. The highest BCUT2D eigenvalue weighted by molar-refractivity contribution is 6.02. The highest BCUT2D eigenvalue weighted by Gasteiger charge is 2.21. The molecular formula is C22H21F2N3O2. The number of halogens is 2. The van der Waals surface area contributed by atoms with E-state index in [1.54, 1.807) is 0 Å². The summed E-state index contributed by atoms with van der Waals surface area (Å²) in [6.07, 6.45) is 1.10. The van der Waals surface area contributed by atoms with Crippen LogP contribution in [0.3, 0.4) is 0 Å². The van der Waals surface area contributed by atoms with E-state index in [1.807, 2.05) is 31.3 Å². The minimum absolute atomic E-state index is 0.0177. The Kier molecular flexibility index (Phi) is 5.31. The zero-order valence-electron chi connectivity index (χ0n) is 15.9. The number of carbonyl (C=O) groups is 1. The number of rotatable bonds is 5. The predicted molar refractivity (Wildman–Crippen MR) is 108 cm³/mol. The lowest BCUT2D eigenvalue weighted by atomic mass is 10.1. The number of benzene rings is 2. The molecular weight excluding hydrogens is 376 g/mol. The van der Waals surface area contributed by atoms with E-state index in [1.165, 1.54) is 12.1 Å². The van der Waals surface area contributed by atoms with Crippen molar-refractivity contribution < 1.29 is 18.0 Å². The van der Waals surface area contributed by atoms with Gasteiger partial charge in [-0.15, -0.1) is 0 Å². The second kappa shape index (κ2) is 8.05. The summed E-state index contributed by atoms with van der Waals surface area (Å²) in [5, 5.41) is 6.04. The standard InChI is InChI=1S/C22H21F2N3O2/c1-25-16-10-11-27(13-16)17-5-3-15(4-6-17)26-22(28)21-9-8-20(29-21)18-12-14(23)2-7-19(18)24/h2-9,12,16,25H,10-11,13H2,1H3,(H,26,28). The van der Waals surface area contributed by atoms with Gasteiger partial charge >= 0.3 is 0 Å². The van der Waals surface area contributed by atoms with E-state index in [9.17, 15) is 13.6 Å². The molecule has 1 amide bonds. The van der Waals surface area contributed by atoms with Crippen LogP contribution in [-0.2, 0) is 0 Å². The highest BCUT2D eigenvalue weighted by atomic mass is 19.1. The largest absolute Gasteiger partial charge is 0.451 e. The van der Waals surface area contributed by atoms with E-state index in [0.717, 1.165) is 43.4 Å². The molecule has 5 nitrogen and oxygen atoms in total. The number of likely N-dealkylation sites (N-methyl/N-ethyl adjacent to an activating group) is 1. The molecule has 1 atom stereocenters.